The number of aromatic nitrogens is 3. The van der Waals surface area contributed by atoms with Gasteiger partial charge in [-0.25, -0.2) is 4.68 Å². The van der Waals surface area contributed by atoms with Crippen LogP contribution in [0.2, 0.25) is 0 Å². The lowest BCUT2D eigenvalue weighted by molar-refractivity contribution is 0.102. The summed E-state index contributed by atoms with van der Waals surface area (Å²) in [5, 5.41) is 11.1. The third kappa shape index (κ3) is 3.35. The van der Waals surface area contributed by atoms with E-state index in [-0.39, 0.29) is 5.91 Å². The summed E-state index contributed by atoms with van der Waals surface area (Å²) in [7, 11) is 0. The molecule has 0 spiro atoms. The highest BCUT2D eigenvalue weighted by molar-refractivity contribution is 6.04. The molecular formula is C19H20N4O. The largest absolute Gasteiger partial charge is 0.322 e. The minimum Gasteiger partial charge on any atom is -0.322 e. The first-order valence-electron chi connectivity index (χ1n) is 7.93. The van der Waals surface area contributed by atoms with Crippen LogP contribution in [-0.4, -0.2) is 20.9 Å². The summed E-state index contributed by atoms with van der Waals surface area (Å²) >= 11 is 0. The first-order chi connectivity index (χ1) is 11.5. The summed E-state index contributed by atoms with van der Waals surface area (Å²) in [5.41, 5.74) is 4.38. The average Bonchev–Trinajstić information content (AvgIpc) is 3.05. The predicted molar refractivity (Wildman–Crippen MR) is 94.6 cm³/mol. The lowest BCUT2D eigenvalue weighted by Crippen LogP contribution is -2.12. The van der Waals surface area contributed by atoms with Crippen LogP contribution in [0.1, 0.15) is 41.4 Å². The molecule has 0 unspecified atom stereocenters. The number of hydrogen-bond acceptors (Lipinski definition) is 3. The van der Waals surface area contributed by atoms with Gasteiger partial charge in [-0.2, -0.15) is 0 Å². The second kappa shape index (κ2) is 6.66. The zero-order valence-corrected chi connectivity index (χ0v) is 14.0. The number of carbonyl (C=O) groups excluding carboxylic acids is 1. The van der Waals surface area contributed by atoms with Gasteiger partial charge < -0.3 is 5.32 Å². The van der Waals surface area contributed by atoms with Crippen molar-refractivity contribution in [2.45, 2.75) is 26.7 Å². The van der Waals surface area contributed by atoms with Crippen molar-refractivity contribution < 1.29 is 4.79 Å². The van der Waals surface area contributed by atoms with Gasteiger partial charge in [0.05, 0.1) is 17.6 Å². The molecule has 0 aliphatic heterocycles. The van der Waals surface area contributed by atoms with Gasteiger partial charge in [0.25, 0.3) is 5.91 Å². The molecule has 1 amide bonds. The second-order valence-electron chi connectivity index (χ2n) is 6.10. The molecule has 0 radical (unpaired) electrons. The Morgan fingerprint density at radius 3 is 2.58 bits per heavy atom. The average molecular weight is 320 g/mol. The molecule has 5 nitrogen and oxygen atoms in total. The van der Waals surface area contributed by atoms with Crippen LogP contribution < -0.4 is 5.32 Å². The molecule has 0 saturated carbocycles. The normalized spacial score (nSPS) is 10.8. The Morgan fingerprint density at radius 1 is 1.12 bits per heavy atom. The van der Waals surface area contributed by atoms with E-state index in [4.69, 9.17) is 0 Å². The highest BCUT2D eigenvalue weighted by Gasteiger charge is 2.11. The number of aryl methyl sites for hydroxylation is 1. The van der Waals surface area contributed by atoms with E-state index < -0.39 is 0 Å². The number of rotatable bonds is 4. The third-order valence-corrected chi connectivity index (χ3v) is 3.83. The van der Waals surface area contributed by atoms with Crippen LogP contribution in [0.15, 0.2) is 54.7 Å². The van der Waals surface area contributed by atoms with Gasteiger partial charge in [-0.1, -0.05) is 42.8 Å². The number of benzene rings is 2. The molecule has 24 heavy (non-hydrogen) atoms. The molecule has 2 aromatic carbocycles. The van der Waals surface area contributed by atoms with Crippen LogP contribution in [0.25, 0.3) is 5.69 Å². The van der Waals surface area contributed by atoms with Gasteiger partial charge >= 0.3 is 0 Å². The zero-order valence-electron chi connectivity index (χ0n) is 14.0. The predicted octanol–water partition coefficient (Wildman–Crippen LogP) is 3.95. The molecule has 0 saturated heterocycles. The zero-order chi connectivity index (χ0) is 17.1. The van der Waals surface area contributed by atoms with E-state index in [0.717, 1.165) is 22.6 Å². The van der Waals surface area contributed by atoms with Gasteiger partial charge in [0.15, 0.2) is 0 Å². The summed E-state index contributed by atoms with van der Waals surface area (Å²) in [6.07, 6.45) is 1.77. The maximum atomic E-state index is 12.4. The molecule has 0 aliphatic carbocycles. The molecule has 0 fully saturated rings. The Balaban J connectivity index is 1.84. The molecule has 3 rings (SSSR count). The van der Waals surface area contributed by atoms with Crippen molar-refractivity contribution in [1.29, 1.82) is 0 Å². The maximum absolute atomic E-state index is 12.4. The molecule has 3 aromatic rings. The quantitative estimate of drug-likeness (QED) is 0.792. The van der Waals surface area contributed by atoms with E-state index in [0.29, 0.717) is 11.5 Å². The first kappa shape index (κ1) is 15.9. The number of amides is 1. The topological polar surface area (TPSA) is 59.8 Å². The molecule has 122 valence electrons. The third-order valence-electron chi connectivity index (χ3n) is 3.83. The molecule has 1 heterocycles. The van der Waals surface area contributed by atoms with Gasteiger partial charge in [-0.15, -0.1) is 5.10 Å². The maximum Gasteiger partial charge on any atom is 0.255 e. The molecule has 1 aromatic heterocycles. The number of carbonyl (C=O) groups is 1. The fourth-order valence-electron chi connectivity index (χ4n) is 2.46. The smallest absolute Gasteiger partial charge is 0.255 e. The molecular weight excluding hydrogens is 300 g/mol. The van der Waals surface area contributed by atoms with Gasteiger partial charge in [-0.05, 0) is 43.2 Å². The fraction of sp³-hybridized carbons (Fsp3) is 0.211. The summed E-state index contributed by atoms with van der Waals surface area (Å²) in [6, 6.07) is 15.1. The number of nitrogens with one attached hydrogen (secondary N) is 1. The Bertz CT molecular complexity index is 850. The number of hydrogen-bond donors (Lipinski definition) is 1. The van der Waals surface area contributed by atoms with Gasteiger partial charge in [0.1, 0.15) is 0 Å². The Kier molecular flexibility index (Phi) is 4.42. The number of nitrogens with zero attached hydrogens (tertiary/aromatic N) is 3. The van der Waals surface area contributed by atoms with Crippen LogP contribution in [0.4, 0.5) is 5.69 Å². The van der Waals surface area contributed by atoms with E-state index in [2.05, 4.69) is 29.5 Å². The Morgan fingerprint density at radius 2 is 1.88 bits per heavy atom. The second-order valence-corrected chi connectivity index (χ2v) is 6.10. The Hall–Kier alpha value is -2.95. The van der Waals surface area contributed by atoms with Crippen LogP contribution in [0.3, 0.4) is 0 Å². The standard InChI is InChI=1S/C19H20N4O/c1-13(2)18-12-20-22-23(18)17-6-4-5-16(11-17)21-19(24)15-9-7-14(3)8-10-15/h4-13H,1-3H3,(H,21,24). The molecule has 1 N–H and O–H groups in total. The molecule has 0 aliphatic rings. The molecule has 0 bridgehead atoms. The minimum absolute atomic E-state index is 0.130. The summed E-state index contributed by atoms with van der Waals surface area (Å²) in [4.78, 5) is 12.4. The number of anilines is 1. The summed E-state index contributed by atoms with van der Waals surface area (Å²) < 4.78 is 1.80. The van der Waals surface area contributed by atoms with Crippen molar-refractivity contribution in [2.24, 2.45) is 0 Å². The minimum atomic E-state index is -0.130. The van der Waals surface area contributed by atoms with E-state index in [1.807, 2.05) is 55.5 Å². The SMILES string of the molecule is Cc1ccc(C(=O)Nc2cccc(-n3nncc3C(C)C)c2)cc1. The van der Waals surface area contributed by atoms with E-state index in [1.165, 1.54) is 0 Å². The monoisotopic (exact) mass is 320 g/mol. The van der Waals surface area contributed by atoms with Crippen LogP contribution in [0, 0.1) is 6.92 Å². The summed E-state index contributed by atoms with van der Waals surface area (Å²) in [6.45, 7) is 6.19. The van der Waals surface area contributed by atoms with Crippen molar-refractivity contribution in [3.05, 3.63) is 71.5 Å². The lowest BCUT2D eigenvalue weighted by atomic mass is 10.1. The lowest BCUT2D eigenvalue weighted by Gasteiger charge is -2.11. The first-order valence-corrected chi connectivity index (χ1v) is 7.93. The highest BCUT2D eigenvalue weighted by atomic mass is 16.1. The summed E-state index contributed by atoms with van der Waals surface area (Å²) in [5.74, 6) is 0.181. The van der Waals surface area contributed by atoms with Crippen LogP contribution in [-0.2, 0) is 0 Å². The van der Waals surface area contributed by atoms with Crippen molar-refractivity contribution in [3.8, 4) is 5.69 Å². The van der Waals surface area contributed by atoms with E-state index in [9.17, 15) is 4.79 Å². The van der Waals surface area contributed by atoms with Gasteiger partial charge in [0.2, 0.25) is 0 Å². The molecule has 5 heteroatoms. The van der Waals surface area contributed by atoms with Crippen LogP contribution >= 0.6 is 0 Å². The van der Waals surface area contributed by atoms with Gasteiger partial charge in [-0.3, -0.25) is 4.79 Å². The Labute approximate surface area is 141 Å². The van der Waals surface area contributed by atoms with Gasteiger partial charge in [0, 0.05) is 11.3 Å². The van der Waals surface area contributed by atoms with Crippen molar-refractivity contribution in [3.63, 3.8) is 0 Å². The van der Waals surface area contributed by atoms with E-state index >= 15 is 0 Å². The highest BCUT2D eigenvalue weighted by Crippen LogP contribution is 2.20. The van der Waals surface area contributed by atoms with E-state index in [1.54, 1.807) is 10.9 Å². The van der Waals surface area contributed by atoms with Crippen LogP contribution in [0.5, 0.6) is 0 Å². The fourth-order valence-corrected chi connectivity index (χ4v) is 2.46. The van der Waals surface area contributed by atoms with Crippen molar-refractivity contribution in [1.82, 2.24) is 15.0 Å². The molecule has 0 atom stereocenters. The van der Waals surface area contributed by atoms with Crippen molar-refractivity contribution in [2.75, 3.05) is 5.32 Å². The van der Waals surface area contributed by atoms with Crippen molar-refractivity contribution >= 4 is 11.6 Å².